The van der Waals surface area contributed by atoms with E-state index in [1.54, 1.807) is 22.5 Å². The van der Waals surface area contributed by atoms with Gasteiger partial charge in [-0.2, -0.15) is 13.1 Å². The largest absolute Gasteiger partial charge is 0.302 e. The van der Waals surface area contributed by atoms with E-state index in [0.29, 0.717) is 24.1 Å². The van der Waals surface area contributed by atoms with E-state index in [4.69, 9.17) is 0 Å². The molecule has 0 bridgehead atoms. The lowest BCUT2D eigenvalue weighted by molar-refractivity contribution is 0.302. The molecule has 114 valence electrons. The minimum Gasteiger partial charge on any atom is -0.302 e. The van der Waals surface area contributed by atoms with Gasteiger partial charge >= 0.3 is 0 Å². The fraction of sp³-hybridized carbons (Fsp3) is 0.538. The van der Waals surface area contributed by atoms with Gasteiger partial charge in [-0.15, -0.1) is 0 Å². The number of aromatic nitrogens is 2. The van der Waals surface area contributed by atoms with Crippen LogP contribution in [0.1, 0.15) is 13.3 Å². The molecule has 0 N–H and O–H groups in total. The summed E-state index contributed by atoms with van der Waals surface area (Å²) >= 11 is 1.05. The second kappa shape index (κ2) is 5.96. The van der Waals surface area contributed by atoms with Crippen molar-refractivity contribution in [2.24, 2.45) is 0 Å². The molecule has 0 aliphatic carbocycles. The van der Waals surface area contributed by atoms with E-state index in [0.717, 1.165) is 37.8 Å². The monoisotopic (exact) mass is 326 g/mol. The van der Waals surface area contributed by atoms with Crippen LogP contribution in [0.5, 0.6) is 0 Å². The Hall–Kier alpha value is -1.09. The summed E-state index contributed by atoms with van der Waals surface area (Å²) in [5.74, 6) is 0. The summed E-state index contributed by atoms with van der Waals surface area (Å²) in [6, 6.07) is 5.15. The summed E-state index contributed by atoms with van der Waals surface area (Å²) in [5.41, 5.74) is 1.13. The zero-order valence-corrected chi connectivity index (χ0v) is 13.5. The summed E-state index contributed by atoms with van der Waals surface area (Å²) in [7, 11) is -3.50. The van der Waals surface area contributed by atoms with E-state index in [-0.39, 0.29) is 4.90 Å². The first-order valence-electron chi connectivity index (χ1n) is 7.06. The summed E-state index contributed by atoms with van der Waals surface area (Å²) < 4.78 is 35.6. The number of rotatable bonds is 3. The number of hydrogen-bond acceptors (Lipinski definition) is 6. The number of nitrogens with zero attached hydrogens (tertiary/aromatic N) is 4. The lowest BCUT2D eigenvalue weighted by Gasteiger charge is -2.20. The predicted molar refractivity (Wildman–Crippen MR) is 82.9 cm³/mol. The maximum absolute atomic E-state index is 12.9. The van der Waals surface area contributed by atoms with Gasteiger partial charge in [0.25, 0.3) is 0 Å². The molecule has 0 saturated carbocycles. The number of benzene rings is 1. The Bertz CT molecular complexity index is 729. The van der Waals surface area contributed by atoms with Crippen LogP contribution in [0.2, 0.25) is 0 Å². The first-order chi connectivity index (χ1) is 10.1. The van der Waals surface area contributed by atoms with E-state index < -0.39 is 10.0 Å². The van der Waals surface area contributed by atoms with E-state index in [1.165, 1.54) is 0 Å². The van der Waals surface area contributed by atoms with Crippen molar-refractivity contribution in [3.63, 3.8) is 0 Å². The van der Waals surface area contributed by atoms with Gasteiger partial charge in [0.15, 0.2) is 0 Å². The van der Waals surface area contributed by atoms with Crippen molar-refractivity contribution >= 4 is 32.8 Å². The summed E-state index contributed by atoms with van der Waals surface area (Å²) in [4.78, 5) is 2.55. The number of hydrogen-bond donors (Lipinski definition) is 0. The van der Waals surface area contributed by atoms with Gasteiger partial charge in [-0.3, -0.25) is 0 Å². The SMILES string of the molecule is CCN1CCCN(S(=O)(=O)c2cccc3nsnc23)CC1. The summed E-state index contributed by atoms with van der Waals surface area (Å²) in [5, 5.41) is 0. The molecule has 1 aliphatic rings. The van der Waals surface area contributed by atoms with Crippen molar-refractivity contribution in [2.75, 3.05) is 32.7 Å². The Balaban J connectivity index is 1.95. The van der Waals surface area contributed by atoms with Gasteiger partial charge in [-0.25, -0.2) is 8.42 Å². The molecule has 0 unspecified atom stereocenters. The Morgan fingerprint density at radius 3 is 2.86 bits per heavy atom. The van der Waals surface area contributed by atoms with Crippen LogP contribution in [-0.4, -0.2) is 59.1 Å². The third-order valence-electron chi connectivity index (χ3n) is 3.86. The first-order valence-corrected chi connectivity index (χ1v) is 9.24. The molecule has 0 amide bonds. The van der Waals surface area contributed by atoms with Crippen molar-refractivity contribution in [2.45, 2.75) is 18.2 Å². The molecule has 21 heavy (non-hydrogen) atoms. The number of fused-ring (bicyclic) bond motifs is 1. The zero-order valence-electron chi connectivity index (χ0n) is 11.9. The van der Waals surface area contributed by atoms with Gasteiger partial charge in [0.1, 0.15) is 15.9 Å². The van der Waals surface area contributed by atoms with Gasteiger partial charge < -0.3 is 4.90 Å². The smallest absolute Gasteiger partial charge is 0.245 e. The fourth-order valence-corrected chi connectivity index (χ4v) is 4.85. The van der Waals surface area contributed by atoms with E-state index >= 15 is 0 Å². The third kappa shape index (κ3) is 2.80. The number of sulfonamides is 1. The van der Waals surface area contributed by atoms with Gasteiger partial charge in [0, 0.05) is 19.6 Å². The highest BCUT2D eigenvalue weighted by molar-refractivity contribution is 7.89. The van der Waals surface area contributed by atoms with Crippen LogP contribution in [0, 0.1) is 0 Å². The topological polar surface area (TPSA) is 66.4 Å². The lowest BCUT2D eigenvalue weighted by atomic mass is 10.3. The quantitative estimate of drug-likeness (QED) is 0.853. The minimum absolute atomic E-state index is 0.277. The molecule has 8 heteroatoms. The van der Waals surface area contributed by atoms with Crippen LogP contribution >= 0.6 is 11.7 Å². The highest BCUT2D eigenvalue weighted by Crippen LogP contribution is 2.25. The van der Waals surface area contributed by atoms with Crippen LogP contribution < -0.4 is 0 Å². The van der Waals surface area contributed by atoms with E-state index in [2.05, 4.69) is 20.6 Å². The Morgan fingerprint density at radius 2 is 2.05 bits per heavy atom. The van der Waals surface area contributed by atoms with Gasteiger partial charge in [0.05, 0.1) is 11.7 Å². The lowest BCUT2D eigenvalue weighted by Crippen LogP contribution is -2.35. The second-order valence-electron chi connectivity index (χ2n) is 5.08. The van der Waals surface area contributed by atoms with Crippen LogP contribution in [0.4, 0.5) is 0 Å². The molecule has 1 saturated heterocycles. The molecule has 1 aromatic carbocycles. The maximum atomic E-state index is 12.9. The van der Waals surface area contributed by atoms with E-state index in [9.17, 15) is 8.42 Å². The minimum atomic E-state index is -3.50. The second-order valence-corrected chi connectivity index (χ2v) is 7.51. The van der Waals surface area contributed by atoms with Crippen LogP contribution in [0.25, 0.3) is 11.0 Å². The molecule has 6 nitrogen and oxygen atoms in total. The van der Waals surface area contributed by atoms with Crippen LogP contribution in [-0.2, 0) is 10.0 Å². The maximum Gasteiger partial charge on any atom is 0.245 e. The van der Waals surface area contributed by atoms with E-state index in [1.807, 2.05) is 0 Å². The fourth-order valence-electron chi connectivity index (χ4n) is 2.63. The van der Waals surface area contributed by atoms with Crippen molar-refractivity contribution < 1.29 is 8.42 Å². The normalized spacial score (nSPS) is 18.9. The van der Waals surface area contributed by atoms with Gasteiger partial charge in [0.2, 0.25) is 10.0 Å². The van der Waals surface area contributed by atoms with Crippen LogP contribution in [0.3, 0.4) is 0 Å². The predicted octanol–water partition coefficient (Wildman–Crippen LogP) is 1.41. The molecule has 1 aliphatic heterocycles. The highest BCUT2D eigenvalue weighted by atomic mass is 32.2. The van der Waals surface area contributed by atoms with Crippen LogP contribution in [0.15, 0.2) is 23.1 Å². The Morgan fingerprint density at radius 1 is 1.19 bits per heavy atom. The molecular formula is C13H18N4O2S2. The van der Waals surface area contributed by atoms with Crippen molar-refractivity contribution in [3.05, 3.63) is 18.2 Å². The van der Waals surface area contributed by atoms with Crippen molar-refractivity contribution in [1.82, 2.24) is 18.0 Å². The standard InChI is InChI=1S/C13H18N4O2S2/c1-2-16-7-4-8-17(10-9-16)21(18,19)12-6-3-5-11-13(12)15-20-14-11/h3,5-6H,2,4,7-10H2,1H3. The summed E-state index contributed by atoms with van der Waals surface area (Å²) in [6.45, 7) is 5.88. The first kappa shape index (κ1) is 14.8. The highest BCUT2D eigenvalue weighted by Gasteiger charge is 2.28. The molecule has 1 aromatic heterocycles. The molecule has 0 atom stereocenters. The van der Waals surface area contributed by atoms with Gasteiger partial charge in [-0.05, 0) is 31.6 Å². The molecular weight excluding hydrogens is 308 g/mol. The molecule has 2 aromatic rings. The Labute approximate surface area is 128 Å². The molecule has 2 heterocycles. The van der Waals surface area contributed by atoms with Crippen molar-refractivity contribution in [3.8, 4) is 0 Å². The Kier molecular flexibility index (Phi) is 4.21. The molecule has 3 rings (SSSR count). The average molecular weight is 326 g/mol. The average Bonchev–Trinajstić information content (AvgIpc) is 2.82. The zero-order chi connectivity index (χ0) is 14.9. The molecule has 1 fully saturated rings. The summed E-state index contributed by atoms with van der Waals surface area (Å²) in [6.07, 6.45) is 0.859. The molecule has 0 spiro atoms. The third-order valence-corrected chi connectivity index (χ3v) is 6.33. The van der Waals surface area contributed by atoms with Crippen molar-refractivity contribution in [1.29, 1.82) is 0 Å². The van der Waals surface area contributed by atoms with Gasteiger partial charge in [-0.1, -0.05) is 13.0 Å². The number of likely N-dealkylation sites (N-methyl/N-ethyl adjacent to an activating group) is 1. The molecule has 0 radical (unpaired) electrons.